The van der Waals surface area contributed by atoms with Crippen LogP contribution in [0.5, 0.6) is 5.75 Å². The number of nitrogens with two attached hydrogens (primary N) is 1. The number of nitrogens with one attached hydrogen (secondary N) is 1. The van der Waals surface area contributed by atoms with Crippen LogP contribution in [-0.4, -0.2) is 17.4 Å². The van der Waals surface area contributed by atoms with Gasteiger partial charge in [-0.05, 0) is 35.8 Å². The van der Waals surface area contributed by atoms with Crippen molar-refractivity contribution < 1.29 is 9.90 Å². The minimum Gasteiger partial charge on any atom is -0.507 e. The van der Waals surface area contributed by atoms with Crippen molar-refractivity contribution in [3.05, 3.63) is 28.8 Å². The molecule has 0 aromatic heterocycles. The van der Waals surface area contributed by atoms with Crippen LogP contribution in [-0.2, 0) is 5.41 Å². The van der Waals surface area contributed by atoms with Crippen molar-refractivity contribution in [2.75, 3.05) is 0 Å². The van der Waals surface area contributed by atoms with Gasteiger partial charge in [0, 0.05) is 11.1 Å². The van der Waals surface area contributed by atoms with Gasteiger partial charge in [-0.1, -0.05) is 46.1 Å². The smallest absolute Gasteiger partial charge is 0.332 e. The average molecular weight is 317 g/mol. The highest BCUT2D eigenvalue weighted by Crippen LogP contribution is 2.39. The van der Waals surface area contributed by atoms with Gasteiger partial charge in [0.1, 0.15) is 5.75 Å². The van der Waals surface area contributed by atoms with Gasteiger partial charge in [-0.3, -0.25) is 0 Å². The first-order valence-electron chi connectivity index (χ1n) is 8.25. The first-order chi connectivity index (χ1) is 10.8. The fraction of sp³-hybridized carbons (Fsp3) is 0.556. The van der Waals surface area contributed by atoms with Crippen molar-refractivity contribution in [1.82, 2.24) is 5.43 Å². The first-order valence-corrected chi connectivity index (χ1v) is 8.25. The van der Waals surface area contributed by atoms with Crippen LogP contribution in [0.15, 0.2) is 17.2 Å². The van der Waals surface area contributed by atoms with Crippen LogP contribution in [0.2, 0.25) is 0 Å². The molecule has 0 aliphatic heterocycles. The van der Waals surface area contributed by atoms with E-state index in [4.69, 9.17) is 5.73 Å². The lowest BCUT2D eigenvalue weighted by Gasteiger charge is -2.27. The standard InChI is InChI=1S/C18H27N3O2/c1-18(2,3)15-10-13(12-7-5-4-6-8-12)9-14(16(15)22)11-20-21-17(19)23/h9-12,22H,4-8H2,1-3H3,(H3,19,21,23)/b20-11+. The highest BCUT2D eigenvalue weighted by atomic mass is 16.3. The summed E-state index contributed by atoms with van der Waals surface area (Å²) in [5.74, 6) is 0.744. The zero-order valence-corrected chi connectivity index (χ0v) is 14.2. The van der Waals surface area contributed by atoms with Gasteiger partial charge in [-0.2, -0.15) is 5.10 Å². The Morgan fingerprint density at radius 1 is 1.30 bits per heavy atom. The molecule has 4 N–H and O–H groups in total. The van der Waals surface area contributed by atoms with E-state index in [2.05, 4.69) is 37.4 Å². The highest BCUT2D eigenvalue weighted by Gasteiger charge is 2.24. The van der Waals surface area contributed by atoms with Gasteiger partial charge in [0.25, 0.3) is 0 Å². The van der Waals surface area contributed by atoms with E-state index in [1.165, 1.54) is 43.9 Å². The maximum atomic E-state index is 10.7. The van der Waals surface area contributed by atoms with E-state index in [9.17, 15) is 9.90 Å². The zero-order valence-electron chi connectivity index (χ0n) is 14.2. The van der Waals surface area contributed by atoms with Crippen LogP contribution in [0.1, 0.15) is 75.5 Å². The Morgan fingerprint density at radius 2 is 1.96 bits per heavy atom. The molecule has 5 nitrogen and oxygen atoms in total. The number of hydrazone groups is 1. The Labute approximate surface area is 138 Å². The van der Waals surface area contributed by atoms with E-state index in [1.54, 1.807) is 0 Å². The second kappa shape index (κ2) is 7.02. The van der Waals surface area contributed by atoms with Crippen LogP contribution >= 0.6 is 0 Å². The van der Waals surface area contributed by atoms with Crippen LogP contribution in [0.25, 0.3) is 0 Å². The lowest BCUT2D eigenvalue weighted by Crippen LogP contribution is -2.24. The summed E-state index contributed by atoms with van der Waals surface area (Å²) in [6.07, 6.45) is 7.64. The van der Waals surface area contributed by atoms with Crippen molar-refractivity contribution in [1.29, 1.82) is 0 Å². The number of primary amides is 1. The maximum absolute atomic E-state index is 10.7. The number of benzene rings is 1. The van der Waals surface area contributed by atoms with E-state index in [1.807, 2.05) is 6.07 Å². The van der Waals surface area contributed by atoms with Gasteiger partial charge < -0.3 is 10.8 Å². The summed E-state index contributed by atoms with van der Waals surface area (Å²) in [6, 6.07) is 3.39. The summed E-state index contributed by atoms with van der Waals surface area (Å²) in [4.78, 5) is 10.7. The molecule has 2 amide bonds. The molecule has 0 atom stereocenters. The molecule has 0 bridgehead atoms. The van der Waals surface area contributed by atoms with Crippen molar-refractivity contribution >= 4 is 12.2 Å². The van der Waals surface area contributed by atoms with E-state index in [0.717, 1.165) is 5.56 Å². The molecule has 23 heavy (non-hydrogen) atoms. The van der Waals surface area contributed by atoms with Crippen LogP contribution in [0, 0.1) is 0 Å². The number of carbonyl (C=O) groups excluding carboxylic acids is 1. The van der Waals surface area contributed by atoms with E-state index in [-0.39, 0.29) is 11.2 Å². The quantitative estimate of drug-likeness (QED) is 0.586. The number of rotatable bonds is 3. The van der Waals surface area contributed by atoms with Gasteiger partial charge in [0.05, 0.1) is 6.21 Å². The molecule has 1 aliphatic carbocycles. The number of hydrogen-bond donors (Lipinski definition) is 3. The largest absolute Gasteiger partial charge is 0.507 e. The average Bonchev–Trinajstić information content (AvgIpc) is 2.48. The number of carbonyl (C=O) groups is 1. The molecular formula is C18H27N3O2. The Balaban J connectivity index is 2.42. The summed E-state index contributed by atoms with van der Waals surface area (Å²) in [5, 5.41) is 14.4. The number of urea groups is 1. The Hall–Kier alpha value is -2.04. The molecule has 0 unspecified atom stereocenters. The SMILES string of the molecule is CC(C)(C)c1cc(C2CCCCC2)cc(/C=N/NC(N)=O)c1O. The van der Waals surface area contributed by atoms with Crippen LogP contribution < -0.4 is 11.2 Å². The van der Waals surface area contributed by atoms with Gasteiger partial charge >= 0.3 is 6.03 Å². The van der Waals surface area contributed by atoms with E-state index in [0.29, 0.717) is 11.5 Å². The van der Waals surface area contributed by atoms with Crippen molar-refractivity contribution in [3.63, 3.8) is 0 Å². The fourth-order valence-corrected chi connectivity index (χ4v) is 3.19. The molecule has 0 heterocycles. The summed E-state index contributed by atoms with van der Waals surface area (Å²) in [7, 11) is 0. The lowest BCUT2D eigenvalue weighted by molar-refractivity contribution is 0.249. The molecule has 1 aliphatic rings. The van der Waals surface area contributed by atoms with E-state index < -0.39 is 6.03 Å². The predicted molar refractivity (Wildman–Crippen MR) is 92.9 cm³/mol. The Morgan fingerprint density at radius 3 is 2.52 bits per heavy atom. The number of phenols is 1. The van der Waals surface area contributed by atoms with Gasteiger partial charge in [-0.15, -0.1) is 0 Å². The predicted octanol–water partition coefficient (Wildman–Crippen LogP) is 3.74. The normalized spacial score (nSPS) is 16.7. The third-order valence-electron chi connectivity index (χ3n) is 4.42. The molecule has 2 rings (SSSR count). The number of aromatic hydroxyl groups is 1. The van der Waals surface area contributed by atoms with Crippen molar-refractivity contribution in [3.8, 4) is 5.75 Å². The minimum atomic E-state index is -0.722. The summed E-state index contributed by atoms with van der Waals surface area (Å²) in [6.45, 7) is 6.24. The second-order valence-corrected chi connectivity index (χ2v) is 7.33. The topological polar surface area (TPSA) is 87.7 Å². The summed E-state index contributed by atoms with van der Waals surface area (Å²) in [5.41, 5.74) is 9.78. The number of phenolic OH excluding ortho intramolecular Hbond substituents is 1. The Bertz CT molecular complexity index is 597. The lowest BCUT2D eigenvalue weighted by atomic mass is 9.79. The number of hydrogen-bond acceptors (Lipinski definition) is 3. The molecule has 0 radical (unpaired) electrons. The Kier molecular flexibility index (Phi) is 5.29. The van der Waals surface area contributed by atoms with Gasteiger partial charge in [0.15, 0.2) is 0 Å². The minimum absolute atomic E-state index is 0.172. The second-order valence-electron chi connectivity index (χ2n) is 7.33. The highest BCUT2D eigenvalue weighted by molar-refractivity contribution is 5.86. The fourth-order valence-electron chi connectivity index (χ4n) is 3.19. The van der Waals surface area contributed by atoms with Gasteiger partial charge in [0.2, 0.25) is 0 Å². The number of nitrogens with zero attached hydrogens (tertiary/aromatic N) is 1. The van der Waals surface area contributed by atoms with Crippen molar-refractivity contribution in [2.24, 2.45) is 10.8 Å². The van der Waals surface area contributed by atoms with Gasteiger partial charge in [-0.25, -0.2) is 10.2 Å². The van der Waals surface area contributed by atoms with Crippen LogP contribution in [0.4, 0.5) is 4.79 Å². The number of amides is 2. The van der Waals surface area contributed by atoms with Crippen molar-refractivity contribution in [2.45, 2.75) is 64.2 Å². The molecule has 1 aromatic rings. The van der Waals surface area contributed by atoms with Crippen LogP contribution in [0.3, 0.4) is 0 Å². The monoisotopic (exact) mass is 317 g/mol. The molecule has 0 saturated heterocycles. The summed E-state index contributed by atoms with van der Waals surface area (Å²) < 4.78 is 0. The first kappa shape index (κ1) is 17.3. The maximum Gasteiger partial charge on any atom is 0.332 e. The molecular weight excluding hydrogens is 290 g/mol. The molecule has 0 spiro atoms. The molecule has 5 heteroatoms. The molecule has 126 valence electrons. The molecule has 1 fully saturated rings. The third kappa shape index (κ3) is 4.47. The van der Waals surface area contributed by atoms with E-state index >= 15 is 0 Å². The third-order valence-corrected chi connectivity index (χ3v) is 4.42. The molecule has 1 aromatic carbocycles. The summed E-state index contributed by atoms with van der Waals surface area (Å²) >= 11 is 0. The zero-order chi connectivity index (χ0) is 17.0. The molecule has 1 saturated carbocycles.